The highest BCUT2D eigenvalue weighted by molar-refractivity contribution is 7.12. The number of thiophene rings is 1. The fourth-order valence-corrected chi connectivity index (χ4v) is 1.57. The highest BCUT2D eigenvalue weighted by Gasteiger charge is 2.07. The third kappa shape index (κ3) is 4.09. The highest BCUT2D eigenvalue weighted by atomic mass is 32.1. The molecule has 1 rings (SSSR count). The summed E-state index contributed by atoms with van der Waals surface area (Å²) in [6.45, 7) is 0.801. The van der Waals surface area contributed by atoms with Gasteiger partial charge >= 0.3 is 0 Å². The average Bonchev–Trinajstić information content (AvgIpc) is 2.76. The van der Waals surface area contributed by atoms with Crippen molar-refractivity contribution >= 4 is 23.2 Å². The summed E-state index contributed by atoms with van der Waals surface area (Å²) < 4.78 is 0. The van der Waals surface area contributed by atoms with Crippen molar-refractivity contribution in [3.8, 4) is 0 Å². The molecule has 1 heterocycles. The number of nitrogens with one attached hydrogen (secondary N) is 2. The van der Waals surface area contributed by atoms with E-state index in [2.05, 4.69) is 10.6 Å². The Morgan fingerprint density at radius 1 is 1.40 bits per heavy atom. The van der Waals surface area contributed by atoms with Crippen LogP contribution in [0.3, 0.4) is 0 Å². The van der Waals surface area contributed by atoms with E-state index in [-0.39, 0.29) is 18.4 Å². The predicted octanol–water partition coefficient (Wildman–Crippen LogP) is -0.447. The predicted molar refractivity (Wildman–Crippen MR) is 58.7 cm³/mol. The molecule has 0 aliphatic rings. The average molecular weight is 227 g/mol. The van der Waals surface area contributed by atoms with E-state index < -0.39 is 0 Å². The molecular formula is C9H13N3O2S. The smallest absolute Gasteiger partial charge is 0.261 e. The van der Waals surface area contributed by atoms with E-state index in [1.165, 1.54) is 11.3 Å². The summed E-state index contributed by atoms with van der Waals surface area (Å²) in [5.74, 6) is -0.460. The molecule has 0 aliphatic carbocycles. The van der Waals surface area contributed by atoms with Crippen molar-refractivity contribution in [3.63, 3.8) is 0 Å². The lowest BCUT2D eigenvalue weighted by Crippen LogP contribution is -2.38. The Morgan fingerprint density at radius 2 is 2.20 bits per heavy atom. The number of hydrogen-bond acceptors (Lipinski definition) is 4. The second-order valence-electron chi connectivity index (χ2n) is 2.80. The lowest BCUT2D eigenvalue weighted by Gasteiger charge is -2.04. The van der Waals surface area contributed by atoms with E-state index in [1.54, 1.807) is 12.1 Å². The van der Waals surface area contributed by atoms with Gasteiger partial charge in [-0.05, 0) is 11.4 Å². The first-order valence-corrected chi connectivity index (χ1v) is 5.40. The summed E-state index contributed by atoms with van der Waals surface area (Å²) >= 11 is 1.34. The minimum atomic E-state index is -0.231. The number of carbonyl (C=O) groups is 2. The molecule has 82 valence electrons. The van der Waals surface area contributed by atoms with E-state index in [9.17, 15) is 9.59 Å². The fourth-order valence-electron chi connectivity index (χ4n) is 0.930. The molecule has 0 bridgehead atoms. The van der Waals surface area contributed by atoms with Crippen LogP contribution in [0.1, 0.15) is 9.67 Å². The van der Waals surface area contributed by atoms with Gasteiger partial charge in [-0.15, -0.1) is 11.3 Å². The first-order chi connectivity index (χ1) is 7.24. The molecule has 0 aromatic carbocycles. The van der Waals surface area contributed by atoms with Crippen molar-refractivity contribution in [1.29, 1.82) is 0 Å². The van der Waals surface area contributed by atoms with Gasteiger partial charge in [0.2, 0.25) is 5.91 Å². The minimum absolute atomic E-state index is 0.0171. The summed E-state index contributed by atoms with van der Waals surface area (Å²) in [5, 5.41) is 6.88. The van der Waals surface area contributed by atoms with Crippen molar-refractivity contribution in [3.05, 3.63) is 22.4 Å². The van der Waals surface area contributed by atoms with Crippen LogP contribution < -0.4 is 16.4 Å². The fraction of sp³-hybridized carbons (Fsp3) is 0.333. The van der Waals surface area contributed by atoms with Crippen LogP contribution in [0, 0.1) is 0 Å². The SMILES string of the molecule is NCCNC(=O)CNC(=O)c1cccs1. The lowest BCUT2D eigenvalue weighted by atomic mass is 10.4. The maximum absolute atomic E-state index is 11.4. The number of nitrogens with two attached hydrogens (primary N) is 1. The van der Waals surface area contributed by atoms with Crippen LogP contribution >= 0.6 is 11.3 Å². The van der Waals surface area contributed by atoms with Crippen LogP contribution in [0.15, 0.2) is 17.5 Å². The van der Waals surface area contributed by atoms with Gasteiger partial charge in [-0.3, -0.25) is 9.59 Å². The zero-order chi connectivity index (χ0) is 11.1. The maximum atomic E-state index is 11.4. The van der Waals surface area contributed by atoms with Gasteiger partial charge in [0.05, 0.1) is 11.4 Å². The molecule has 2 amide bonds. The molecule has 6 heteroatoms. The van der Waals surface area contributed by atoms with E-state index in [1.807, 2.05) is 5.38 Å². The van der Waals surface area contributed by atoms with Crippen molar-refractivity contribution < 1.29 is 9.59 Å². The standard InChI is InChI=1S/C9H13N3O2S/c10-3-4-11-8(13)6-12-9(14)7-2-1-5-15-7/h1-2,5H,3-4,6,10H2,(H,11,13)(H,12,14). The van der Waals surface area contributed by atoms with Crippen molar-refractivity contribution in [2.75, 3.05) is 19.6 Å². The van der Waals surface area contributed by atoms with Crippen LogP contribution in [-0.4, -0.2) is 31.4 Å². The van der Waals surface area contributed by atoms with Gasteiger partial charge < -0.3 is 16.4 Å². The quantitative estimate of drug-likeness (QED) is 0.637. The zero-order valence-electron chi connectivity index (χ0n) is 8.16. The monoisotopic (exact) mass is 227 g/mol. The molecule has 15 heavy (non-hydrogen) atoms. The van der Waals surface area contributed by atoms with Crippen LogP contribution in [0.25, 0.3) is 0 Å². The molecule has 5 nitrogen and oxygen atoms in total. The number of hydrogen-bond donors (Lipinski definition) is 3. The molecule has 0 saturated heterocycles. The second-order valence-corrected chi connectivity index (χ2v) is 3.75. The van der Waals surface area contributed by atoms with E-state index in [0.717, 1.165) is 0 Å². The Bertz CT molecular complexity index is 324. The van der Waals surface area contributed by atoms with Gasteiger partial charge in [-0.25, -0.2) is 0 Å². The number of carbonyl (C=O) groups excluding carboxylic acids is 2. The highest BCUT2D eigenvalue weighted by Crippen LogP contribution is 2.07. The molecule has 1 aromatic rings. The van der Waals surface area contributed by atoms with Crippen molar-refractivity contribution in [1.82, 2.24) is 10.6 Å². The largest absolute Gasteiger partial charge is 0.353 e. The molecule has 0 aliphatic heterocycles. The summed E-state index contributed by atoms with van der Waals surface area (Å²) in [7, 11) is 0. The molecule has 1 aromatic heterocycles. The van der Waals surface area contributed by atoms with Gasteiger partial charge in [-0.1, -0.05) is 6.07 Å². The van der Waals surface area contributed by atoms with Gasteiger partial charge in [-0.2, -0.15) is 0 Å². The summed E-state index contributed by atoms with van der Waals surface area (Å²) in [5.41, 5.74) is 5.21. The van der Waals surface area contributed by atoms with Crippen molar-refractivity contribution in [2.24, 2.45) is 5.73 Å². The van der Waals surface area contributed by atoms with Gasteiger partial charge in [0.25, 0.3) is 5.91 Å². The Hall–Kier alpha value is -1.40. The second kappa shape index (κ2) is 6.15. The summed E-state index contributed by atoms with van der Waals surface area (Å²) in [4.78, 5) is 23.1. The molecule has 0 unspecified atom stereocenters. The van der Waals surface area contributed by atoms with Gasteiger partial charge in [0, 0.05) is 13.1 Å². The summed E-state index contributed by atoms with van der Waals surface area (Å²) in [6.07, 6.45) is 0. The van der Waals surface area contributed by atoms with Gasteiger partial charge in [0.1, 0.15) is 0 Å². The van der Waals surface area contributed by atoms with E-state index in [0.29, 0.717) is 18.0 Å². The van der Waals surface area contributed by atoms with Crippen molar-refractivity contribution in [2.45, 2.75) is 0 Å². The first-order valence-electron chi connectivity index (χ1n) is 4.52. The van der Waals surface area contributed by atoms with Crippen LogP contribution in [0.4, 0.5) is 0 Å². The first kappa shape index (κ1) is 11.7. The normalized spacial score (nSPS) is 9.67. The lowest BCUT2D eigenvalue weighted by molar-refractivity contribution is -0.120. The third-order valence-corrected chi connectivity index (χ3v) is 2.49. The Labute approximate surface area is 91.7 Å². The Kier molecular flexibility index (Phi) is 4.79. The minimum Gasteiger partial charge on any atom is -0.353 e. The molecule has 4 N–H and O–H groups in total. The molecule has 0 spiro atoms. The van der Waals surface area contributed by atoms with Crippen LogP contribution in [0.2, 0.25) is 0 Å². The third-order valence-electron chi connectivity index (χ3n) is 1.62. The summed E-state index contributed by atoms with van der Waals surface area (Å²) in [6, 6.07) is 3.49. The molecule has 0 fully saturated rings. The molecule has 0 saturated carbocycles. The molecular weight excluding hydrogens is 214 g/mol. The molecule has 0 atom stereocenters. The Morgan fingerprint density at radius 3 is 2.80 bits per heavy atom. The number of amides is 2. The maximum Gasteiger partial charge on any atom is 0.261 e. The zero-order valence-corrected chi connectivity index (χ0v) is 8.97. The van der Waals surface area contributed by atoms with Crippen LogP contribution in [-0.2, 0) is 4.79 Å². The van der Waals surface area contributed by atoms with Crippen LogP contribution in [0.5, 0.6) is 0 Å². The van der Waals surface area contributed by atoms with E-state index in [4.69, 9.17) is 5.73 Å². The van der Waals surface area contributed by atoms with Gasteiger partial charge in [0.15, 0.2) is 0 Å². The molecule has 0 radical (unpaired) electrons. The topological polar surface area (TPSA) is 84.2 Å². The number of rotatable bonds is 5. The van der Waals surface area contributed by atoms with E-state index >= 15 is 0 Å². The Balaban J connectivity index is 2.25.